The zero-order chi connectivity index (χ0) is 8.39. The Bertz CT molecular complexity index is 246. The van der Waals surface area contributed by atoms with Gasteiger partial charge in [-0.1, -0.05) is 0 Å². The van der Waals surface area contributed by atoms with Gasteiger partial charge in [-0.3, -0.25) is 0 Å². The molecule has 2 rings (SSSR count). The van der Waals surface area contributed by atoms with Gasteiger partial charge in [0.2, 0.25) is 0 Å². The van der Waals surface area contributed by atoms with Gasteiger partial charge in [-0.25, -0.2) is 4.98 Å². The van der Waals surface area contributed by atoms with Crippen molar-refractivity contribution in [3.63, 3.8) is 0 Å². The smallest absolute Gasteiger partial charge is 0.0931 e. The summed E-state index contributed by atoms with van der Waals surface area (Å²) in [5, 5.41) is 1.30. The summed E-state index contributed by atoms with van der Waals surface area (Å²) in [5.74, 6) is 0. The number of rotatable bonds is 3. The molecule has 1 aliphatic carbocycles. The molecule has 0 bridgehead atoms. The van der Waals surface area contributed by atoms with Crippen molar-refractivity contribution >= 4 is 11.3 Å². The highest BCUT2D eigenvalue weighted by atomic mass is 32.1. The van der Waals surface area contributed by atoms with E-state index in [1.165, 1.54) is 34.8 Å². The monoisotopic (exact) mass is 182 g/mol. The van der Waals surface area contributed by atoms with Crippen LogP contribution < -0.4 is 5.73 Å². The van der Waals surface area contributed by atoms with Crippen LogP contribution in [0.15, 0.2) is 0 Å². The minimum Gasteiger partial charge on any atom is -0.330 e. The molecule has 0 amide bonds. The fraction of sp³-hybridized carbons (Fsp3) is 0.667. The first kappa shape index (κ1) is 8.20. The Hall–Kier alpha value is -0.410. The minimum absolute atomic E-state index is 0.782. The summed E-state index contributed by atoms with van der Waals surface area (Å²) in [6.07, 6.45) is 5.93. The summed E-state index contributed by atoms with van der Waals surface area (Å²) < 4.78 is 0. The van der Waals surface area contributed by atoms with Gasteiger partial charge in [-0.2, -0.15) is 0 Å². The van der Waals surface area contributed by atoms with Crippen LogP contribution in [0.3, 0.4) is 0 Å². The highest BCUT2D eigenvalue weighted by molar-refractivity contribution is 7.11. The second kappa shape index (κ2) is 3.54. The van der Waals surface area contributed by atoms with Crippen LogP contribution in [-0.2, 0) is 19.3 Å². The van der Waals surface area contributed by atoms with Crippen LogP contribution in [0, 0.1) is 0 Å². The minimum atomic E-state index is 0.782. The first-order valence-electron chi connectivity index (χ1n) is 4.57. The van der Waals surface area contributed by atoms with Crippen LogP contribution in [-0.4, -0.2) is 11.5 Å². The lowest BCUT2D eigenvalue weighted by Gasteiger charge is -1.92. The average Bonchev–Trinajstić information content (AvgIpc) is 2.58. The molecule has 0 unspecified atom stereocenters. The van der Waals surface area contributed by atoms with Gasteiger partial charge < -0.3 is 5.73 Å². The second-order valence-corrected chi connectivity index (χ2v) is 4.39. The Kier molecular flexibility index (Phi) is 2.42. The number of aryl methyl sites for hydroxylation is 3. The van der Waals surface area contributed by atoms with Gasteiger partial charge in [0.15, 0.2) is 0 Å². The van der Waals surface area contributed by atoms with E-state index in [0.29, 0.717) is 0 Å². The Morgan fingerprint density at radius 1 is 1.42 bits per heavy atom. The third-order valence-corrected chi connectivity index (χ3v) is 3.45. The second-order valence-electron chi connectivity index (χ2n) is 3.22. The third kappa shape index (κ3) is 1.52. The summed E-state index contributed by atoms with van der Waals surface area (Å²) in [6, 6.07) is 0. The van der Waals surface area contributed by atoms with Crippen molar-refractivity contribution in [3.8, 4) is 0 Å². The Balaban J connectivity index is 2.05. The Morgan fingerprint density at radius 3 is 3.08 bits per heavy atom. The molecule has 12 heavy (non-hydrogen) atoms. The number of hydrogen-bond donors (Lipinski definition) is 1. The van der Waals surface area contributed by atoms with Gasteiger partial charge in [0.05, 0.1) is 10.7 Å². The van der Waals surface area contributed by atoms with Crippen molar-refractivity contribution < 1.29 is 0 Å². The maximum atomic E-state index is 5.44. The number of hydrogen-bond acceptors (Lipinski definition) is 3. The lowest BCUT2D eigenvalue weighted by atomic mass is 10.3. The molecule has 1 aromatic heterocycles. The van der Waals surface area contributed by atoms with E-state index in [1.807, 2.05) is 11.3 Å². The highest BCUT2D eigenvalue weighted by Gasteiger charge is 2.15. The summed E-state index contributed by atoms with van der Waals surface area (Å²) in [4.78, 5) is 6.12. The molecule has 0 saturated carbocycles. The molecule has 2 nitrogen and oxygen atoms in total. The van der Waals surface area contributed by atoms with Gasteiger partial charge in [0.25, 0.3) is 0 Å². The van der Waals surface area contributed by atoms with Crippen LogP contribution in [0.2, 0.25) is 0 Å². The van der Waals surface area contributed by atoms with Gasteiger partial charge in [-0.15, -0.1) is 11.3 Å². The lowest BCUT2D eigenvalue weighted by molar-refractivity contribution is 0.816. The summed E-state index contributed by atoms with van der Waals surface area (Å²) in [6.45, 7) is 0.782. The van der Waals surface area contributed by atoms with Gasteiger partial charge >= 0.3 is 0 Å². The molecular weight excluding hydrogens is 168 g/mol. The molecule has 0 radical (unpaired) electrons. The molecule has 1 aliphatic rings. The van der Waals surface area contributed by atoms with E-state index in [4.69, 9.17) is 5.73 Å². The van der Waals surface area contributed by atoms with Crippen molar-refractivity contribution in [1.82, 2.24) is 4.98 Å². The highest BCUT2D eigenvalue weighted by Crippen LogP contribution is 2.27. The molecule has 0 fully saturated rings. The normalized spacial score (nSPS) is 15.1. The van der Waals surface area contributed by atoms with E-state index in [-0.39, 0.29) is 0 Å². The molecule has 0 spiro atoms. The molecule has 0 saturated heterocycles. The number of thiazole rings is 1. The zero-order valence-corrected chi connectivity index (χ0v) is 7.99. The Morgan fingerprint density at radius 2 is 2.33 bits per heavy atom. The van der Waals surface area contributed by atoms with Crippen LogP contribution >= 0.6 is 11.3 Å². The van der Waals surface area contributed by atoms with Crippen molar-refractivity contribution in [1.29, 1.82) is 0 Å². The van der Waals surface area contributed by atoms with Crippen LogP contribution in [0.1, 0.15) is 28.4 Å². The van der Waals surface area contributed by atoms with Crippen molar-refractivity contribution in [2.45, 2.75) is 32.1 Å². The molecule has 3 heteroatoms. The number of fused-ring (bicyclic) bond motifs is 1. The molecule has 0 atom stereocenters. The van der Waals surface area contributed by atoms with E-state index < -0.39 is 0 Å². The number of nitrogens with two attached hydrogens (primary N) is 1. The topological polar surface area (TPSA) is 38.9 Å². The van der Waals surface area contributed by atoms with E-state index in [1.54, 1.807) is 0 Å². The van der Waals surface area contributed by atoms with Crippen LogP contribution in [0.4, 0.5) is 0 Å². The van der Waals surface area contributed by atoms with E-state index in [2.05, 4.69) is 4.98 Å². The van der Waals surface area contributed by atoms with Crippen LogP contribution in [0.5, 0.6) is 0 Å². The predicted molar refractivity (Wildman–Crippen MR) is 51.5 cm³/mol. The maximum Gasteiger partial charge on any atom is 0.0931 e. The third-order valence-electron chi connectivity index (χ3n) is 2.23. The van der Waals surface area contributed by atoms with E-state index in [0.717, 1.165) is 19.4 Å². The SMILES string of the molecule is NCCCc1nc2c(s1)CCC2. The van der Waals surface area contributed by atoms with E-state index in [9.17, 15) is 0 Å². The van der Waals surface area contributed by atoms with E-state index >= 15 is 0 Å². The standard InChI is InChI=1S/C9H14N2S/c10-6-2-5-9-11-7-3-1-4-8(7)12-9/h1-6,10H2. The molecular formula is C9H14N2S. The molecule has 1 aromatic rings. The average molecular weight is 182 g/mol. The predicted octanol–water partition coefficient (Wildman–Crippen LogP) is 1.52. The van der Waals surface area contributed by atoms with Crippen LogP contribution in [0.25, 0.3) is 0 Å². The van der Waals surface area contributed by atoms with Crippen molar-refractivity contribution in [2.75, 3.05) is 6.54 Å². The fourth-order valence-electron chi connectivity index (χ4n) is 1.60. The van der Waals surface area contributed by atoms with Gasteiger partial charge in [-0.05, 0) is 32.2 Å². The summed E-state index contributed by atoms with van der Waals surface area (Å²) in [5.41, 5.74) is 6.81. The van der Waals surface area contributed by atoms with Gasteiger partial charge in [0.1, 0.15) is 0 Å². The lowest BCUT2D eigenvalue weighted by Crippen LogP contribution is -2.00. The fourth-order valence-corrected chi connectivity index (χ4v) is 2.80. The summed E-state index contributed by atoms with van der Waals surface area (Å²) in [7, 11) is 0. The quantitative estimate of drug-likeness (QED) is 0.770. The number of aromatic nitrogens is 1. The molecule has 66 valence electrons. The Labute approximate surface area is 76.8 Å². The first-order chi connectivity index (χ1) is 5.90. The molecule has 1 heterocycles. The molecule has 2 N–H and O–H groups in total. The number of nitrogens with zero attached hydrogens (tertiary/aromatic N) is 1. The summed E-state index contributed by atoms with van der Waals surface area (Å²) >= 11 is 1.90. The first-order valence-corrected chi connectivity index (χ1v) is 5.39. The zero-order valence-electron chi connectivity index (χ0n) is 7.18. The van der Waals surface area contributed by atoms with Crippen molar-refractivity contribution in [2.24, 2.45) is 5.73 Å². The van der Waals surface area contributed by atoms with Crippen molar-refractivity contribution in [3.05, 3.63) is 15.6 Å². The van der Waals surface area contributed by atoms with Gasteiger partial charge in [0, 0.05) is 11.3 Å². The molecule has 0 aliphatic heterocycles. The largest absolute Gasteiger partial charge is 0.330 e. The maximum absolute atomic E-state index is 5.44. The molecule has 0 aromatic carbocycles.